The van der Waals surface area contributed by atoms with Gasteiger partial charge in [0.1, 0.15) is 0 Å². The minimum absolute atomic E-state index is 0.445. The van der Waals surface area contributed by atoms with Crippen LogP contribution in [0, 0.1) is 0 Å². The second kappa shape index (κ2) is 7.54. The van der Waals surface area contributed by atoms with Crippen molar-refractivity contribution in [2.75, 3.05) is 13.2 Å². The molecule has 0 aliphatic rings. The van der Waals surface area contributed by atoms with E-state index >= 15 is 0 Å². The maximum Gasteiger partial charge on any atom is 0.0878 e. The lowest BCUT2D eigenvalue weighted by Crippen LogP contribution is -2.05. The number of ether oxygens (including phenoxy) is 1. The molecule has 0 fully saturated rings. The Kier molecular flexibility index (Phi) is 7.15. The van der Waals surface area contributed by atoms with Gasteiger partial charge in [-0.15, -0.1) is 0 Å². The molecule has 0 aliphatic heterocycles. The van der Waals surface area contributed by atoms with Crippen molar-refractivity contribution in [1.82, 2.24) is 0 Å². The number of nitrogens with zero attached hydrogens (tertiary/aromatic N) is 1. The summed E-state index contributed by atoms with van der Waals surface area (Å²) in [5, 5.41) is 11.2. The quantitative estimate of drug-likeness (QED) is 0.279. The Hall–Kier alpha value is -0.570. The Labute approximate surface area is 68.1 Å². The highest BCUT2D eigenvalue weighted by molar-refractivity contribution is 5.82. The second-order valence-electron chi connectivity index (χ2n) is 2.59. The van der Waals surface area contributed by atoms with E-state index < -0.39 is 0 Å². The van der Waals surface area contributed by atoms with E-state index in [2.05, 4.69) is 12.1 Å². The molecule has 0 radical (unpaired) electrons. The minimum atomic E-state index is 0.445. The molecule has 0 bridgehead atoms. The van der Waals surface area contributed by atoms with Gasteiger partial charge in [-0.1, -0.05) is 24.9 Å². The monoisotopic (exact) mass is 159 g/mol. The van der Waals surface area contributed by atoms with Crippen LogP contribution in [0.5, 0.6) is 0 Å². The molecule has 0 aromatic heterocycles. The number of oxime groups is 1. The fourth-order valence-corrected chi connectivity index (χ4v) is 0.703. The average molecular weight is 159 g/mol. The van der Waals surface area contributed by atoms with E-state index in [1.807, 2.05) is 0 Å². The Morgan fingerprint density at radius 2 is 2.18 bits per heavy atom. The largest absolute Gasteiger partial charge is 0.411 e. The molecule has 0 amide bonds. The van der Waals surface area contributed by atoms with Gasteiger partial charge in [0.25, 0.3) is 0 Å². The van der Waals surface area contributed by atoms with Crippen LogP contribution in [0.2, 0.25) is 0 Å². The van der Waals surface area contributed by atoms with Gasteiger partial charge >= 0.3 is 0 Å². The van der Waals surface area contributed by atoms with Crippen LogP contribution in [0.1, 0.15) is 33.1 Å². The van der Waals surface area contributed by atoms with E-state index in [0.717, 1.165) is 13.0 Å². The molecule has 0 aliphatic carbocycles. The third-order valence-corrected chi connectivity index (χ3v) is 1.37. The van der Waals surface area contributed by atoms with Gasteiger partial charge in [0.2, 0.25) is 0 Å². The summed E-state index contributed by atoms with van der Waals surface area (Å²) in [5.74, 6) is 0. The standard InChI is InChI=1S/C8H17NO2/c1-3-4-5-6-11-7-8(2)9-10/h10H,3-7H2,1-2H3. The predicted molar refractivity (Wildman–Crippen MR) is 45.2 cm³/mol. The van der Waals surface area contributed by atoms with Crippen molar-refractivity contribution in [2.45, 2.75) is 33.1 Å². The molecule has 0 rings (SSSR count). The summed E-state index contributed by atoms with van der Waals surface area (Å²) in [6, 6.07) is 0. The Balaban J connectivity index is 3.02. The Morgan fingerprint density at radius 1 is 1.45 bits per heavy atom. The number of hydrogen-bond donors (Lipinski definition) is 1. The summed E-state index contributed by atoms with van der Waals surface area (Å²) in [6.45, 7) is 5.10. The Morgan fingerprint density at radius 3 is 2.73 bits per heavy atom. The molecule has 3 heteroatoms. The predicted octanol–water partition coefficient (Wildman–Crippen LogP) is 2.04. The zero-order valence-corrected chi connectivity index (χ0v) is 7.34. The van der Waals surface area contributed by atoms with Gasteiger partial charge in [0, 0.05) is 6.61 Å². The molecule has 66 valence electrons. The molecule has 0 heterocycles. The molecule has 0 spiro atoms. The minimum Gasteiger partial charge on any atom is -0.411 e. The lowest BCUT2D eigenvalue weighted by atomic mass is 10.3. The van der Waals surface area contributed by atoms with E-state index in [9.17, 15) is 0 Å². The molecule has 0 aromatic rings. The van der Waals surface area contributed by atoms with E-state index in [-0.39, 0.29) is 0 Å². The first-order chi connectivity index (χ1) is 5.31. The molecule has 0 atom stereocenters. The maximum atomic E-state index is 8.25. The molecule has 0 unspecified atom stereocenters. The number of unbranched alkanes of at least 4 members (excludes halogenated alkanes) is 2. The summed E-state index contributed by atoms with van der Waals surface area (Å²) in [4.78, 5) is 0. The molecule has 3 nitrogen and oxygen atoms in total. The van der Waals surface area contributed by atoms with Crippen molar-refractivity contribution in [3.8, 4) is 0 Å². The van der Waals surface area contributed by atoms with Crippen LogP contribution in [-0.4, -0.2) is 24.1 Å². The normalized spacial score (nSPS) is 12.0. The third kappa shape index (κ3) is 7.33. The van der Waals surface area contributed by atoms with Crippen molar-refractivity contribution >= 4 is 5.71 Å². The van der Waals surface area contributed by atoms with Crippen LogP contribution >= 0.6 is 0 Å². The van der Waals surface area contributed by atoms with Crippen LogP contribution in [0.25, 0.3) is 0 Å². The van der Waals surface area contributed by atoms with Crippen LogP contribution in [0.3, 0.4) is 0 Å². The zero-order valence-electron chi connectivity index (χ0n) is 7.34. The zero-order chi connectivity index (χ0) is 8.53. The highest BCUT2D eigenvalue weighted by atomic mass is 16.5. The summed E-state index contributed by atoms with van der Waals surface area (Å²) in [6.07, 6.45) is 3.50. The SMILES string of the molecule is CCCCCOCC(C)=NO. The fourth-order valence-electron chi connectivity index (χ4n) is 0.703. The van der Waals surface area contributed by atoms with Gasteiger partial charge in [-0.2, -0.15) is 0 Å². The van der Waals surface area contributed by atoms with E-state index in [4.69, 9.17) is 9.94 Å². The number of hydrogen-bond acceptors (Lipinski definition) is 3. The van der Waals surface area contributed by atoms with Crippen LogP contribution in [0.15, 0.2) is 5.16 Å². The average Bonchev–Trinajstić information content (AvgIpc) is 2.04. The summed E-state index contributed by atoms with van der Waals surface area (Å²) >= 11 is 0. The molecular weight excluding hydrogens is 142 g/mol. The molecular formula is C8H17NO2. The lowest BCUT2D eigenvalue weighted by Gasteiger charge is -2.00. The fraction of sp³-hybridized carbons (Fsp3) is 0.875. The molecule has 0 saturated heterocycles. The van der Waals surface area contributed by atoms with Crippen LogP contribution in [-0.2, 0) is 4.74 Å². The topological polar surface area (TPSA) is 41.8 Å². The number of rotatable bonds is 6. The Bertz CT molecular complexity index is 113. The summed E-state index contributed by atoms with van der Waals surface area (Å²) in [5.41, 5.74) is 0.626. The van der Waals surface area contributed by atoms with Crippen molar-refractivity contribution < 1.29 is 9.94 Å². The van der Waals surface area contributed by atoms with Gasteiger partial charge in [0.05, 0.1) is 12.3 Å². The smallest absolute Gasteiger partial charge is 0.0878 e. The van der Waals surface area contributed by atoms with Crippen LogP contribution in [0.4, 0.5) is 0 Å². The van der Waals surface area contributed by atoms with E-state index in [1.165, 1.54) is 12.8 Å². The summed E-state index contributed by atoms with van der Waals surface area (Å²) < 4.78 is 5.20. The van der Waals surface area contributed by atoms with Gasteiger partial charge in [0.15, 0.2) is 0 Å². The van der Waals surface area contributed by atoms with Gasteiger partial charge in [-0.05, 0) is 13.3 Å². The van der Waals surface area contributed by atoms with E-state index in [0.29, 0.717) is 12.3 Å². The van der Waals surface area contributed by atoms with Gasteiger partial charge in [-0.3, -0.25) is 0 Å². The van der Waals surface area contributed by atoms with Crippen molar-refractivity contribution in [1.29, 1.82) is 0 Å². The molecule has 1 N–H and O–H groups in total. The maximum absolute atomic E-state index is 8.25. The first kappa shape index (κ1) is 10.4. The third-order valence-electron chi connectivity index (χ3n) is 1.37. The van der Waals surface area contributed by atoms with Crippen LogP contribution < -0.4 is 0 Å². The molecule has 0 aromatic carbocycles. The van der Waals surface area contributed by atoms with Gasteiger partial charge < -0.3 is 9.94 Å². The highest BCUT2D eigenvalue weighted by Crippen LogP contribution is 1.93. The van der Waals surface area contributed by atoms with Crippen molar-refractivity contribution in [3.05, 3.63) is 0 Å². The van der Waals surface area contributed by atoms with Gasteiger partial charge in [-0.25, -0.2) is 0 Å². The molecule has 0 saturated carbocycles. The van der Waals surface area contributed by atoms with Crippen molar-refractivity contribution in [2.24, 2.45) is 5.16 Å². The molecule has 11 heavy (non-hydrogen) atoms. The summed E-state index contributed by atoms with van der Waals surface area (Å²) in [7, 11) is 0. The van der Waals surface area contributed by atoms with E-state index in [1.54, 1.807) is 6.92 Å². The lowest BCUT2D eigenvalue weighted by molar-refractivity contribution is 0.163. The second-order valence-corrected chi connectivity index (χ2v) is 2.59. The van der Waals surface area contributed by atoms with Crippen molar-refractivity contribution in [3.63, 3.8) is 0 Å². The highest BCUT2D eigenvalue weighted by Gasteiger charge is 1.91. The first-order valence-electron chi connectivity index (χ1n) is 4.06. The first-order valence-corrected chi connectivity index (χ1v) is 4.06.